The summed E-state index contributed by atoms with van der Waals surface area (Å²) in [5.74, 6) is 0.868. The van der Waals surface area contributed by atoms with Crippen molar-refractivity contribution < 1.29 is 14.3 Å². The summed E-state index contributed by atoms with van der Waals surface area (Å²) >= 11 is 0. The van der Waals surface area contributed by atoms with Crippen molar-refractivity contribution in [3.05, 3.63) is 23.8 Å². The Labute approximate surface area is 139 Å². The molecule has 0 saturated heterocycles. The minimum Gasteiger partial charge on any atom is -0.493 e. The Balaban J connectivity index is 2.02. The van der Waals surface area contributed by atoms with Crippen molar-refractivity contribution in [2.75, 3.05) is 18.5 Å². The van der Waals surface area contributed by atoms with Crippen molar-refractivity contribution in [1.29, 1.82) is 0 Å². The Hall–Kier alpha value is -1.55. The Morgan fingerprint density at radius 3 is 2.61 bits per heavy atom. The maximum atomic E-state index is 12.7. The third kappa shape index (κ3) is 4.47. The normalized spacial score (nSPS) is 16.3. The van der Waals surface area contributed by atoms with Crippen LogP contribution in [0.25, 0.3) is 0 Å². The molecule has 0 bridgehead atoms. The first-order valence-corrected chi connectivity index (χ1v) is 8.80. The molecular formula is C19H29NO3. The second kappa shape index (κ2) is 8.34. The van der Waals surface area contributed by atoms with Crippen molar-refractivity contribution in [2.24, 2.45) is 0 Å². The second-order valence-corrected chi connectivity index (χ2v) is 6.27. The van der Waals surface area contributed by atoms with Gasteiger partial charge in [0, 0.05) is 12.3 Å². The maximum absolute atomic E-state index is 12.7. The van der Waals surface area contributed by atoms with Gasteiger partial charge in [-0.05, 0) is 69.7 Å². The van der Waals surface area contributed by atoms with Gasteiger partial charge < -0.3 is 14.8 Å². The zero-order valence-electron chi connectivity index (χ0n) is 14.6. The van der Waals surface area contributed by atoms with Gasteiger partial charge in [-0.2, -0.15) is 0 Å². The molecule has 1 aliphatic rings. The van der Waals surface area contributed by atoms with Crippen molar-refractivity contribution in [2.45, 2.75) is 64.9 Å². The van der Waals surface area contributed by atoms with Gasteiger partial charge in [-0.25, -0.2) is 0 Å². The number of carbonyl (C=O) groups excluding carboxylic acids is 1. The Morgan fingerprint density at radius 2 is 2.00 bits per heavy atom. The van der Waals surface area contributed by atoms with Crippen molar-refractivity contribution >= 4 is 11.6 Å². The van der Waals surface area contributed by atoms with Gasteiger partial charge in [0.15, 0.2) is 0 Å². The molecule has 2 rings (SSSR count). The van der Waals surface area contributed by atoms with Crippen LogP contribution in [0.2, 0.25) is 0 Å². The number of ether oxygens (including phenoxy) is 2. The zero-order valence-corrected chi connectivity index (χ0v) is 14.6. The number of unbranched alkanes of at least 4 members (excludes halogenated alkanes) is 1. The van der Waals surface area contributed by atoms with Crippen LogP contribution in [0.3, 0.4) is 0 Å². The largest absolute Gasteiger partial charge is 0.493 e. The first-order valence-electron chi connectivity index (χ1n) is 8.80. The van der Waals surface area contributed by atoms with E-state index in [2.05, 4.69) is 12.2 Å². The molecule has 0 aliphatic heterocycles. The van der Waals surface area contributed by atoms with E-state index in [4.69, 9.17) is 9.47 Å². The molecule has 0 unspecified atom stereocenters. The van der Waals surface area contributed by atoms with E-state index in [0.717, 1.165) is 62.1 Å². The fourth-order valence-corrected chi connectivity index (χ4v) is 3.12. The minimum atomic E-state index is -0.640. The smallest absolute Gasteiger partial charge is 0.256 e. The number of rotatable bonds is 8. The van der Waals surface area contributed by atoms with E-state index in [1.165, 1.54) is 0 Å². The van der Waals surface area contributed by atoms with Gasteiger partial charge in [0.2, 0.25) is 0 Å². The van der Waals surface area contributed by atoms with Gasteiger partial charge in [0.05, 0.1) is 6.61 Å². The first kappa shape index (κ1) is 17.8. The van der Waals surface area contributed by atoms with Crippen molar-refractivity contribution in [3.63, 3.8) is 0 Å². The second-order valence-electron chi connectivity index (χ2n) is 6.27. The van der Waals surface area contributed by atoms with Crippen LogP contribution >= 0.6 is 0 Å². The summed E-state index contributed by atoms with van der Waals surface area (Å²) in [7, 11) is 0. The highest BCUT2D eigenvalue weighted by atomic mass is 16.5. The lowest BCUT2D eigenvalue weighted by atomic mass is 10.0. The molecule has 0 heterocycles. The van der Waals surface area contributed by atoms with Crippen LogP contribution in [0.4, 0.5) is 5.69 Å². The third-order valence-electron chi connectivity index (χ3n) is 4.43. The van der Waals surface area contributed by atoms with Gasteiger partial charge in [0.1, 0.15) is 11.4 Å². The van der Waals surface area contributed by atoms with Gasteiger partial charge in [-0.15, -0.1) is 0 Å². The standard InChI is InChI=1S/C19H29NO3/c1-4-6-13-22-17-10-9-16(14-15(17)3)20-18(21)19(23-5-2)11-7-8-12-19/h9-10,14H,4-8,11-13H2,1-3H3,(H,20,21). The Bertz CT molecular complexity index is 521. The fourth-order valence-electron chi connectivity index (χ4n) is 3.12. The van der Waals surface area contributed by atoms with Gasteiger partial charge >= 0.3 is 0 Å². The molecule has 1 saturated carbocycles. The van der Waals surface area contributed by atoms with E-state index < -0.39 is 5.60 Å². The van der Waals surface area contributed by atoms with Crippen LogP contribution in [-0.2, 0) is 9.53 Å². The van der Waals surface area contributed by atoms with E-state index >= 15 is 0 Å². The highest BCUT2D eigenvalue weighted by molar-refractivity contribution is 5.97. The van der Waals surface area contributed by atoms with Crippen LogP contribution in [0.15, 0.2) is 18.2 Å². The number of benzene rings is 1. The lowest BCUT2D eigenvalue weighted by Gasteiger charge is -2.27. The molecule has 1 amide bonds. The lowest BCUT2D eigenvalue weighted by molar-refractivity contribution is -0.140. The number of hydrogen-bond acceptors (Lipinski definition) is 3. The predicted molar refractivity (Wildman–Crippen MR) is 93.0 cm³/mol. The predicted octanol–water partition coefficient (Wildman–Crippen LogP) is 4.46. The monoisotopic (exact) mass is 319 g/mol. The van der Waals surface area contributed by atoms with Crippen LogP contribution in [0.5, 0.6) is 5.75 Å². The average molecular weight is 319 g/mol. The molecule has 1 aliphatic carbocycles. The molecule has 4 nitrogen and oxygen atoms in total. The molecular weight excluding hydrogens is 290 g/mol. The van der Waals surface area contributed by atoms with E-state index in [1.807, 2.05) is 32.0 Å². The first-order chi connectivity index (χ1) is 11.1. The average Bonchev–Trinajstić information content (AvgIpc) is 3.00. The maximum Gasteiger partial charge on any atom is 0.256 e. The van der Waals surface area contributed by atoms with E-state index in [9.17, 15) is 4.79 Å². The highest BCUT2D eigenvalue weighted by Gasteiger charge is 2.41. The molecule has 1 aromatic rings. The van der Waals surface area contributed by atoms with E-state index in [0.29, 0.717) is 6.61 Å². The quantitative estimate of drug-likeness (QED) is 0.720. The summed E-state index contributed by atoms with van der Waals surface area (Å²) < 4.78 is 11.6. The van der Waals surface area contributed by atoms with Gasteiger partial charge in [-0.3, -0.25) is 4.79 Å². The minimum absolute atomic E-state index is 0.0177. The van der Waals surface area contributed by atoms with Gasteiger partial charge in [0.25, 0.3) is 5.91 Å². The number of amides is 1. The molecule has 128 valence electrons. The van der Waals surface area contributed by atoms with E-state index in [-0.39, 0.29) is 5.91 Å². The molecule has 1 N–H and O–H groups in total. The molecule has 0 aromatic heterocycles. The highest BCUT2D eigenvalue weighted by Crippen LogP contribution is 2.34. The van der Waals surface area contributed by atoms with Crippen LogP contribution in [0, 0.1) is 6.92 Å². The fraction of sp³-hybridized carbons (Fsp3) is 0.632. The topological polar surface area (TPSA) is 47.6 Å². The molecule has 1 fully saturated rings. The summed E-state index contributed by atoms with van der Waals surface area (Å²) in [5.41, 5.74) is 1.20. The van der Waals surface area contributed by atoms with Gasteiger partial charge in [-0.1, -0.05) is 13.3 Å². The zero-order chi connectivity index (χ0) is 16.7. The van der Waals surface area contributed by atoms with E-state index in [1.54, 1.807) is 0 Å². The summed E-state index contributed by atoms with van der Waals surface area (Å²) in [4.78, 5) is 12.7. The number of nitrogens with one attached hydrogen (secondary N) is 1. The molecule has 4 heteroatoms. The SMILES string of the molecule is CCCCOc1ccc(NC(=O)C2(OCC)CCCC2)cc1C. The molecule has 0 atom stereocenters. The summed E-state index contributed by atoms with van der Waals surface area (Å²) in [6.45, 7) is 7.39. The molecule has 0 spiro atoms. The van der Waals surface area contributed by atoms with Crippen LogP contribution in [0.1, 0.15) is 57.9 Å². The summed E-state index contributed by atoms with van der Waals surface area (Å²) in [6, 6.07) is 5.80. The molecule has 1 aromatic carbocycles. The molecule has 0 radical (unpaired) electrons. The lowest BCUT2D eigenvalue weighted by Crippen LogP contribution is -2.43. The third-order valence-corrected chi connectivity index (χ3v) is 4.43. The number of carbonyl (C=O) groups is 1. The number of aryl methyl sites for hydroxylation is 1. The number of anilines is 1. The van der Waals surface area contributed by atoms with Crippen LogP contribution in [-0.4, -0.2) is 24.7 Å². The Morgan fingerprint density at radius 1 is 1.26 bits per heavy atom. The Kier molecular flexibility index (Phi) is 6.46. The van der Waals surface area contributed by atoms with Crippen LogP contribution < -0.4 is 10.1 Å². The summed E-state index contributed by atoms with van der Waals surface area (Å²) in [6.07, 6.45) is 5.89. The number of hydrogen-bond donors (Lipinski definition) is 1. The summed E-state index contributed by atoms with van der Waals surface area (Å²) in [5, 5.41) is 3.03. The molecule has 23 heavy (non-hydrogen) atoms. The van der Waals surface area contributed by atoms with Crippen molar-refractivity contribution in [1.82, 2.24) is 0 Å². The van der Waals surface area contributed by atoms with Crippen molar-refractivity contribution in [3.8, 4) is 5.75 Å².